The van der Waals surface area contributed by atoms with E-state index in [2.05, 4.69) is 11.4 Å². The van der Waals surface area contributed by atoms with Crippen LogP contribution in [0.1, 0.15) is 18.9 Å². The van der Waals surface area contributed by atoms with Gasteiger partial charge in [-0.1, -0.05) is 13.0 Å². The van der Waals surface area contributed by atoms with Crippen LogP contribution in [-0.2, 0) is 0 Å². The molecule has 0 bridgehead atoms. The number of nitro benzene ring substituents is 1. The van der Waals surface area contributed by atoms with Gasteiger partial charge in [0.25, 0.3) is 0 Å². The van der Waals surface area contributed by atoms with Crippen molar-refractivity contribution in [3.63, 3.8) is 0 Å². The molecule has 1 aromatic carbocycles. The molecule has 0 fully saturated rings. The summed E-state index contributed by atoms with van der Waals surface area (Å²) in [5.74, 6) is 0.240. The summed E-state index contributed by atoms with van der Waals surface area (Å²) in [4.78, 5) is 10.4. The number of rotatable bonds is 7. The van der Waals surface area contributed by atoms with Gasteiger partial charge in [0.2, 0.25) is 0 Å². The molecule has 6 heteroatoms. The molecular formula is C13H17N3O3. The van der Waals surface area contributed by atoms with Crippen molar-refractivity contribution >= 4 is 5.69 Å². The van der Waals surface area contributed by atoms with E-state index in [0.29, 0.717) is 13.0 Å². The van der Waals surface area contributed by atoms with E-state index in [1.54, 1.807) is 19.1 Å². The third-order valence-corrected chi connectivity index (χ3v) is 2.58. The van der Waals surface area contributed by atoms with Crippen LogP contribution in [0.5, 0.6) is 5.75 Å². The average Bonchev–Trinajstić information content (AvgIpc) is 2.39. The van der Waals surface area contributed by atoms with Gasteiger partial charge in [0.05, 0.1) is 23.6 Å². The fourth-order valence-electron chi connectivity index (χ4n) is 1.64. The number of nitriles is 1. The van der Waals surface area contributed by atoms with Crippen molar-refractivity contribution < 1.29 is 9.66 Å². The Labute approximate surface area is 112 Å². The molecule has 6 nitrogen and oxygen atoms in total. The van der Waals surface area contributed by atoms with Crippen LogP contribution in [0.25, 0.3) is 0 Å². The number of benzene rings is 1. The van der Waals surface area contributed by atoms with Crippen LogP contribution in [-0.4, -0.2) is 24.1 Å². The molecule has 1 atom stereocenters. The second-order valence-corrected chi connectivity index (χ2v) is 4.10. The smallest absolute Gasteiger partial charge is 0.311 e. The zero-order chi connectivity index (χ0) is 14.3. The van der Waals surface area contributed by atoms with Gasteiger partial charge >= 0.3 is 5.69 Å². The lowest BCUT2D eigenvalue weighted by molar-refractivity contribution is -0.385. The van der Waals surface area contributed by atoms with Gasteiger partial charge in [-0.15, -0.1) is 0 Å². The molecule has 0 saturated carbocycles. The highest BCUT2D eigenvalue weighted by molar-refractivity contribution is 5.48. The first-order valence-corrected chi connectivity index (χ1v) is 6.09. The first-order chi connectivity index (χ1) is 9.08. The van der Waals surface area contributed by atoms with Gasteiger partial charge in [-0.25, -0.2) is 0 Å². The number of hydrogen-bond acceptors (Lipinski definition) is 5. The summed E-state index contributed by atoms with van der Waals surface area (Å²) in [6.07, 6.45) is 0.482. The van der Waals surface area contributed by atoms with Crippen molar-refractivity contribution in [3.05, 3.63) is 33.9 Å². The molecular weight excluding hydrogens is 246 g/mol. The molecule has 1 N–H and O–H groups in total. The topological polar surface area (TPSA) is 88.2 Å². The van der Waals surface area contributed by atoms with Gasteiger partial charge in [-0.2, -0.15) is 5.26 Å². The molecule has 0 spiro atoms. The van der Waals surface area contributed by atoms with Gasteiger partial charge in [-0.3, -0.25) is 10.1 Å². The van der Waals surface area contributed by atoms with Crippen LogP contribution in [0.2, 0.25) is 0 Å². The molecule has 0 aliphatic carbocycles. The first kappa shape index (κ1) is 14.9. The molecule has 0 aliphatic heterocycles. The summed E-state index contributed by atoms with van der Waals surface area (Å²) in [5, 5.41) is 22.7. The van der Waals surface area contributed by atoms with Gasteiger partial charge < -0.3 is 10.1 Å². The summed E-state index contributed by atoms with van der Waals surface area (Å²) < 4.78 is 5.40. The largest absolute Gasteiger partial charge is 0.487 e. The van der Waals surface area contributed by atoms with E-state index >= 15 is 0 Å². The highest BCUT2D eigenvalue weighted by atomic mass is 16.6. The Morgan fingerprint density at radius 1 is 1.58 bits per heavy atom. The van der Waals surface area contributed by atoms with Gasteiger partial charge in [-0.05, 0) is 25.1 Å². The predicted molar refractivity (Wildman–Crippen MR) is 71.0 cm³/mol. The second kappa shape index (κ2) is 7.34. The molecule has 0 heterocycles. The molecule has 1 unspecified atom stereocenters. The van der Waals surface area contributed by atoms with E-state index in [1.165, 1.54) is 6.07 Å². The first-order valence-electron chi connectivity index (χ1n) is 6.09. The van der Waals surface area contributed by atoms with Crippen LogP contribution in [0.4, 0.5) is 5.69 Å². The molecule has 0 amide bonds. The van der Waals surface area contributed by atoms with E-state index in [4.69, 9.17) is 10.00 Å². The summed E-state index contributed by atoms with van der Waals surface area (Å²) in [6.45, 7) is 4.65. The van der Waals surface area contributed by atoms with E-state index < -0.39 is 4.92 Å². The fraction of sp³-hybridized carbons (Fsp3) is 0.462. The van der Waals surface area contributed by atoms with Gasteiger partial charge in [0, 0.05) is 12.5 Å². The lowest BCUT2D eigenvalue weighted by Crippen LogP contribution is -2.28. The molecule has 1 rings (SSSR count). The number of aryl methyl sites for hydroxylation is 1. The summed E-state index contributed by atoms with van der Waals surface area (Å²) in [7, 11) is 0. The fourth-order valence-corrected chi connectivity index (χ4v) is 1.64. The molecule has 0 aromatic heterocycles. The molecule has 0 aliphatic rings. The van der Waals surface area contributed by atoms with Crippen LogP contribution in [0.3, 0.4) is 0 Å². The van der Waals surface area contributed by atoms with Crippen molar-refractivity contribution in [1.29, 1.82) is 5.26 Å². The maximum absolute atomic E-state index is 10.9. The lowest BCUT2D eigenvalue weighted by atomic mass is 10.2. The second-order valence-electron chi connectivity index (χ2n) is 4.10. The lowest BCUT2D eigenvalue weighted by Gasteiger charge is -2.11. The van der Waals surface area contributed by atoms with E-state index in [-0.39, 0.29) is 24.1 Å². The third-order valence-electron chi connectivity index (χ3n) is 2.58. The van der Waals surface area contributed by atoms with Crippen LogP contribution in [0.15, 0.2) is 18.2 Å². The Morgan fingerprint density at radius 3 is 2.89 bits per heavy atom. The van der Waals surface area contributed by atoms with E-state index in [1.807, 2.05) is 6.92 Å². The predicted octanol–water partition coefficient (Wildman–Crippen LogP) is 2.17. The van der Waals surface area contributed by atoms with E-state index in [9.17, 15) is 10.1 Å². The highest BCUT2D eigenvalue weighted by Crippen LogP contribution is 2.27. The number of nitro groups is 1. The van der Waals surface area contributed by atoms with Gasteiger partial charge in [0.15, 0.2) is 5.75 Å². The minimum Gasteiger partial charge on any atom is -0.487 e. The molecule has 0 radical (unpaired) electrons. The normalized spacial score (nSPS) is 11.6. The Balaban J connectivity index is 2.63. The summed E-state index contributed by atoms with van der Waals surface area (Å²) in [5.41, 5.74) is 0.763. The summed E-state index contributed by atoms with van der Waals surface area (Å²) in [6, 6.07) is 6.63. The standard InChI is InChI=1S/C13H17N3O3/c1-3-15-11(9-14)6-7-19-13-5-4-10(2)8-12(13)16(17)18/h4-5,8,11,15H,3,6-7H2,1-2H3. The number of ether oxygens (including phenoxy) is 1. The number of nitrogens with zero attached hydrogens (tertiary/aromatic N) is 2. The molecule has 102 valence electrons. The number of hydrogen-bond donors (Lipinski definition) is 1. The van der Waals surface area contributed by atoms with Crippen molar-refractivity contribution in [1.82, 2.24) is 5.32 Å². The monoisotopic (exact) mass is 263 g/mol. The van der Waals surface area contributed by atoms with Crippen LogP contribution >= 0.6 is 0 Å². The van der Waals surface area contributed by atoms with Crippen LogP contribution in [0, 0.1) is 28.4 Å². The zero-order valence-corrected chi connectivity index (χ0v) is 11.0. The highest BCUT2D eigenvalue weighted by Gasteiger charge is 2.15. The SMILES string of the molecule is CCNC(C#N)CCOc1ccc(C)cc1[N+](=O)[O-]. The Hall–Kier alpha value is -2.13. The van der Waals surface area contributed by atoms with Crippen molar-refractivity contribution in [2.24, 2.45) is 0 Å². The zero-order valence-electron chi connectivity index (χ0n) is 11.0. The minimum atomic E-state index is -0.464. The molecule has 0 saturated heterocycles. The Morgan fingerprint density at radius 2 is 2.32 bits per heavy atom. The number of nitrogens with one attached hydrogen (secondary N) is 1. The van der Waals surface area contributed by atoms with Gasteiger partial charge in [0.1, 0.15) is 0 Å². The Kier molecular flexibility index (Phi) is 5.76. The minimum absolute atomic E-state index is 0.0445. The molecule has 19 heavy (non-hydrogen) atoms. The third kappa shape index (κ3) is 4.56. The Bertz CT molecular complexity index is 483. The van der Waals surface area contributed by atoms with Crippen molar-refractivity contribution in [2.45, 2.75) is 26.3 Å². The van der Waals surface area contributed by atoms with Crippen molar-refractivity contribution in [2.75, 3.05) is 13.2 Å². The maximum Gasteiger partial charge on any atom is 0.311 e. The van der Waals surface area contributed by atoms with Crippen LogP contribution < -0.4 is 10.1 Å². The molecule has 1 aromatic rings. The average molecular weight is 263 g/mol. The maximum atomic E-state index is 10.9. The quantitative estimate of drug-likeness (QED) is 0.601. The summed E-state index contributed by atoms with van der Waals surface area (Å²) >= 11 is 0. The van der Waals surface area contributed by atoms with Crippen molar-refractivity contribution in [3.8, 4) is 11.8 Å². The van der Waals surface area contributed by atoms with E-state index in [0.717, 1.165) is 5.56 Å².